The van der Waals surface area contributed by atoms with E-state index in [-0.39, 0.29) is 23.7 Å². The lowest BCUT2D eigenvalue weighted by atomic mass is 10.1. The Kier molecular flexibility index (Phi) is 5.33. The molecule has 0 unspecified atom stereocenters. The third-order valence-electron chi connectivity index (χ3n) is 3.59. The minimum atomic E-state index is -0.719. The maximum absolute atomic E-state index is 11.8. The normalized spacial score (nSPS) is 10.2. The van der Waals surface area contributed by atoms with E-state index in [9.17, 15) is 19.7 Å². The number of nitrogens with zero attached hydrogens (tertiary/aromatic N) is 2. The first-order valence-electron chi connectivity index (χ1n) is 7.42. The first kappa shape index (κ1) is 17.9. The van der Waals surface area contributed by atoms with Crippen LogP contribution in [-0.4, -0.2) is 35.7 Å². The lowest BCUT2D eigenvalue weighted by Gasteiger charge is -2.11. The molecule has 0 radical (unpaired) electrons. The SMILES string of the molecule is CN(C)C(=O)c1ccc(NCc2ccc(C(N)=O)cc2[N+](=O)[O-])cc1. The number of hydrogen-bond acceptors (Lipinski definition) is 5. The smallest absolute Gasteiger partial charge is 0.275 e. The zero-order valence-corrected chi connectivity index (χ0v) is 13.9. The molecule has 0 aromatic heterocycles. The summed E-state index contributed by atoms with van der Waals surface area (Å²) >= 11 is 0. The molecule has 0 atom stereocenters. The first-order chi connectivity index (χ1) is 11.8. The number of nitro groups is 1. The summed E-state index contributed by atoms with van der Waals surface area (Å²) in [5, 5.41) is 14.2. The molecule has 130 valence electrons. The molecule has 0 fully saturated rings. The number of benzene rings is 2. The monoisotopic (exact) mass is 342 g/mol. The molecule has 25 heavy (non-hydrogen) atoms. The molecule has 2 amide bonds. The Balaban J connectivity index is 2.14. The summed E-state index contributed by atoms with van der Waals surface area (Å²) in [7, 11) is 3.34. The fourth-order valence-corrected chi connectivity index (χ4v) is 2.22. The van der Waals surface area contributed by atoms with E-state index in [1.807, 2.05) is 0 Å². The number of rotatable bonds is 6. The minimum Gasteiger partial charge on any atom is -0.381 e. The fourth-order valence-electron chi connectivity index (χ4n) is 2.22. The number of amides is 2. The summed E-state index contributed by atoms with van der Waals surface area (Å²) in [6.45, 7) is 0.191. The van der Waals surface area contributed by atoms with Crippen LogP contribution in [0.5, 0.6) is 0 Å². The molecular weight excluding hydrogens is 324 g/mol. The van der Waals surface area contributed by atoms with E-state index < -0.39 is 10.8 Å². The second-order valence-electron chi connectivity index (χ2n) is 5.60. The van der Waals surface area contributed by atoms with Gasteiger partial charge in [0.25, 0.3) is 11.6 Å². The van der Waals surface area contributed by atoms with Crippen LogP contribution in [0.3, 0.4) is 0 Å². The van der Waals surface area contributed by atoms with Crippen molar-refractivity contribution in [2.24, 2.45) is 5.73 Å². The Morgan fingerprint density at radius 3 is 2.24 bits per heavy atom. The summed E-state index contributed by atoms with van der Waals surface area (Å²) in [5.74, 6) is -0.826. The zero-order chi connectivity index (χ0) is 18.6. The molecule has 0 aliphatic rings. The number of anilines is 1. The van der Waals surface area contributed by atoms with Gasteiger partial charge in [0.2, 0.25) is 5.91 Å². The molecule has 2 aromatic rings. The van der Waals surface area contributed by atoms with Crippen LogP contribution in [0.4, 0.5) is 11.4 Å². The van der Waals surface area contributed by atoms with Crippen LogP contribution in [0, 0.1) is 10.1 Å². The van der Waals surface area contributed by atoms with E-state index in [1.165, 1.54) is 17.0 Å². The van der Waals surface area contributed by atoms with Crippen molar-refractivity contribution in [1.29, 1.82) is 0 Å². The van der Waals surface area contributed by atoms with Crippen molar-refractivity contribution in [2.45, 2.75) is 6.54 Å². The number of carbonyl (C=O) groups is 2. The number of primary amides is 1. The molecule has 8 nitrogen and oxygen atoms in total. The van der Waals surface area contributed by atoms with Gasteiger partial charge in [-0.25, -0.2) is 0 Å². The van der Waals surface area contributed by atoms with Crippen molar-refractivity contribution in [3.8, 4) is 0 Å². The first-order valence-corrected chi connectivity index (χ1v) is 7.42. The second kappa shape index (κ2) is 7.43. The predicted octanol–water partition coefficient (Wildman–Crippen LogP) is 2.01. The van der Waals surface area contributed by atoms with Crippen LogP contribution in [-0.2, 0) is 6.54 Å². The van der Waals surface area contributed by atoms with Gasteiger partial charge in [-0.1, -0.05) is 0 Å². The van der Waals surface area contributed by atoms with Crippen molar-refractivity contribution < 1.29 is 14.5 Å². The van der Waals surface area contributed by atoms with Gasteiger partial charge in [0.1, 0.15) is 0 Å². The minimum absolute atomic E-state index is 0.0852. The van der Waals surface area contributed by atoms with E-state index >= 15 is 0 Å². The molecule has 0 saturated heterocycles. The van der Waals surface area contributed by atoms with Crippen molar-refractivity contribution in [1.82, 2.24) is 4.90 Å². The standard InChI is InChI=1S/C17H18N4O4/c1-20(2)17(23)11-5-7-14(8-6-11)19-10-13-4-3-12(16(18)22)9-15(13)21(24)25/h3-9,19H,10H2,1-2H3,(H2,18,22). The van der Waals surface area contributed by atoms with Crippen molar-refractivity contribution in [3.63, 3.8) is 0 Å². The molecule has 0 bridgehead atoms. The topological polar surface area (TPSA) is 119 Å². The Morgan fingerprint density at radius 1 is 1.12 bits per heavy atom. The van der Waals surface area contributed by atoms with Gasteiger partial charge in [0.15, 0.2) is 0 Å². The van der Waals surface area contributed by atoms with Crippen LogP contribution in [0.2, 0.25) is 0 Å². The molecule has 0 saturated carbocycles. The van der Waals surface area contributed by atoms with Crippen LogP contribution < -0.4 is 11.1 Å². The summed E-state index contributed by atoms with van der Waals surface area (Å²) in [4.78, 5) is 35.1. The molecule has 0 aliphatic carbocycles. The Labute approximate surface area is 144 Å². The van der Waals surface area contributed by atoms with E-state index in [1.54, 1.807) is 38.4 Å². The third kappa shape index (κ3) is 4.31. The lowest BCUT2D eigenvalue weighted by Crippen LogP contribution is -2.21. The third-order valence-corrected chi connectivity index (χ3v) is 3.59. The number of nitrogens with two attached hydrogens (primary N) is 1. The average molecular weight is 342 g/mol. The predicted molar refractivity (Wildman–Crippen MR) is 93.4 cm³/mol. The molecular formula is C17H18N4O4. The average Bonchev–Trinajstić information content (AvgIpc) is 2.59. The van der Waals surface area contributed by atoms with E-state index in [4.69, 9.17) is 5.73 Å². The molecule has 3 N–H and O–H groups in total. The van der Waals surface area contributed by atoms with Crippen molar-refractivity contribution in [3.05, 3.63) is 69.3 Å². The number of carbonyl (C=O) groups excluding carboxylic acids is 2. The highest BCUT2D eigenvalue weighted by Crippen LogP contribution is 2.22. The number of nitro benzene ring substituents is 1. The molecule has 0 aliphatic heterocycles. The van der Waals surface area contributed by atoms with E-state index in [0.29, 0.717) is 16.8 Å². The molecule has 0 heterocycles. The second-order valence-corrected chi connectivity index (χ2v) is 5.60. The summed E-state index contributed by atoms with van der Waals surface area (Å²) < 4.78 is 0. The highest BCUT2D eigenvalue weighted by atomic mass is 16.6. The summed E-state index contributed by atoms with van der Waals surface area (Å²) in [6.07, 6.45) is 0. The van der Waals surface area contributed by atoms with Gasteiger partial charge >= 0.3 is 0 Å². The zero-order valence-electron chi connectivity index (χ0n) is 13.9. The van der Waals surface area contributed by atoms with Crippen LogP contribution >= 0.6 is 0 Å². The van der Waals surface area contributed by atoms with Gasteiger partial charge in [-0.2, -0.15) is 0 Å². The number of nitrogens with one attached hydrogen (secondary N) is 1. The van der Waals surface area contributed by atoms with Crippen molar-refractivity contribution >= 4 is 23.2 Å². The van der Waals surface area contributed by atoms with Gasteiger partial charge in [0, 0.05) is 49.1 Å². The van der Waals surface area contributed by atoms with Crippen molar-refractivity contribution in [2.75, 3.05) is 19.4 Å². The maximum Gasteiger partial charge on any atom is 0.275 e. The van der Waals surface area contributed by atoms with E-state index in [2.05, 4.69) is 5.32 Å². The highest BCUT2D eigenvalue weighted by molar-refractivity contribution is 5.94. The molecule has 2 rings (SSSR count). The number of hydrogen-bond donors (Lipinski definition) is 2. The van der Waals surface area contributed by atoms with Gasteiger partial charge in [-0.3, -0.25) is 19.7 Å². The van der Waals surface area contributed by atoms with Gasteiger partial charge in [-0.05, 0) is 36.4 Å². The van der Waals surface area contributed by atoms with Crippen LogP contribution in [0.15, 0.2) is 42.5 Å². The summed E-state index contributed by atoms with van der Waals surface area (Å²) in [5.41, 5.74) is 6.74. The Hall–Kier alpha value is -3.42. The van der Waals surface area contributed by atoms with Gasteiger partial charge in [0.05, 0.1) is 4.92 Å². The van der Waals surface area contributed by atoms with E-state index in [0.717, 1.165) is 6.07 Å². The fraction of sp³-hybridized carbons (Fsp3) is 0.176. The molecule has 2 aromatic carbocycles. The van der Waals surface area contributed by atoms with Crippen LogP contribution in [0.1, 0.15) is 26.3 Å². The maximum atomic E-state index is 11.8. The highest BCUT2D eigenvalue weighted by Gasteiger charge is 2.16. The summed E-state index contributed by atoms with van der Waals surface area (Å²) in [6, 6.07) is 10.9. The molecule has 8 heteroatoms. The Bertz CT molecular complexity index is 816. The lowest BCUT2D eigenvalue weighted by molar-refractivity contribution is -0.385. The largest absolute Gasteiger partial charge is 0.381 e. The molecule has 0 spiro atoms. The Morgan fingerprint density at radius 2 is 1.72 bits per heavy atom. The quantitative estimate of drug-likeness (QED) is 0.615. The van der Waals surface area contributed by atoms with Gasteiger partial charge in [-0.15, -0.1) is 0 Å². The van der Waals surface area contributed by atoms with Crippen LogP contribution in [0.25, 0.3) is 0 Å². The van der Waals surface area contributed by atoms with Gasteiger partial charge < -0.3 is 16.0 Å².